The van der Waals surface area contributed by atoms with Gasteiger partial charge in [-0.25, -0.2) is 0 Å². The van der Waals surface area contributed by atoms with Crippen molar-refractivity contribution in [1.29, 1.82) is 0 Å². The zero-order valence-corrected chi connectivity index (χ0v) is 11.3. The van der Waals surface area contributed by atoms with Crippen molar-refractivity contribution in [3.05, 3.63) is 71.8 Å². The molecule has 2 N–H and O–H groups in total. The molecule has 1 aliphatic heterocycles. The van der Waals surface area contributed by atoms with Crippen LogP contribution in [0.3, 0.4) is 0 Å². The molecule has 0 saturated carbocycles. The van der Waals surface area contributed by atoms with Crippen LogP contribution >= 0.6 is 0 Å². The summed E-state index contributed by atoms with van der Waals surface area (Å²) < 4.78 is 0. The van der Waals surface area contributed by atoms with Crippen LogP contribution in [-0.4, -0.2) is 26.2 Å². The highest BCUT2D eigenvalue weighted by atomic mass is 15.3. The van der Waals surface area contributed by atoms with Crippen LogP contribution in [-0.2, 0) is 0 Å². The van der Waals surface area contributed by atoms with Crippen molar-refractivity contribution in [3.8, 4) is 0 Å². The van der Waals surface area contributed by atoms with Crippen LogP contribution in [0.15, 0.2) is 60.7 Å². The van der Waals surface area contributed by atoms with Gasteiger partial charge in [0.05, 0.1) is 13.1 Å². The first-order valence-corrected chi connectivity index (χ1v) is 7.00. The van der Waals surface area contributed by atoms with E-state index in [1.165, 1.54) is 24.2 Å². The van der Waals surface area contributed by atoms with Crippen LogP contribution < -0.4 is 10.2 Å². The minimum absolute atomic E-state index is 0.465. The Balaban J connectivity index is 1.89. The molecule has 0 atom stereocenters. The van der Waals surface area contributed by atoms with Gasteiger partial charge in [0.25, 0.3) is 0 Å². The molecule has 0 spiro atoms. The van der Waals surface area contributed by atoms with Crippen LogP contribution in [0.4, 0.5) is 0 Å². The lowest BCUT2D eigenvalue weighted by molar-refractivity contribution is -0.966. The quantitative estimate of drug-likeness (QED) is 0.839. The summed E-state index contributed by atoms with van der Waals surface area (Å²) in [5.41, 5.74) is 2.83. The monoisotopic (exact) mass is 253 g/mol. The molecule has 0 aliphatic carbocycles. The van der Waals surface area contributed by atoms with Gasteiger partial charge in [0.15, 0.2) is 0 Å². The third-order valence-corrected chi connectivity index (χ3v) is 4.10. The van der Waals surface area contributed by atoms with Gasteiger partial charge in [-0.15, -0.1) is 0 Å². The number of quaternary nitrogens is 1. The summed E-state index contributed by atoms with van der Waals surface area (Å²) in [5, 5.41) is 3.37. The van der Waals surface area contributed by atoms with Crippen LogP contribution in [0.2, 0.25) is 0 Å². The number of likely N-dealkylation sites (N-methyl/N-ethyl adjacent to an activating group) is 1. The third kappa shape index (κ3) is 2.55. The largest absolute Gasteiger partial charge is 0.322 e. The molecule has 0 amide bonds. The van der Waals surface area contributed by atoms with E-state index in [1.54, 1.807) is 4.90 Å². The van der Waals surface area contributed by atoms with E-state index in [0.29, 0.717) is 12.1 Å². The Labute approximate surface area is 115 Å². The summed E-state index contributed by atoms with van der Waals surface area (Å²) in [6, 6.07) is 22.9. The highest BCUT2D eigenvalue weighted by molar-refractivity contribution is 5.29. The van der Waals surface area contributed by atoms with Crippen LogP contribution in [0.5, 0.6) is 0 Å². The second kappa shape index (κ2) is 5.55. The summed E-state index contributed by atoms with van der Waals surface area (Å²) in [4.78, 5) is 1.65. The first-order valence-electron chi connectivity index (χ1n) is 7.00. The SMILES string of the molecule is CNC1C[NH+](C(c2ccccc2)c2ccccc2)C1. The topological polar surface area (TPSA) is 16.5 Å². The Morgan fingerprint density at radius 1 is 0.895 bits per heavy atom. The van der Waals surface area contributed by atoms with Gasteiger partial charge in [0.1, 0.15) is 12.1 Å². The molecule has 2 heteroatoms. The summed E-state index contributed by atoms with van der Waals surface area (Å²) >= 11 is 0. The number of rotatable bonds is 4. The Bertz CT molecular complexity index is 464. The molecule has 0 bridgehead atoms. The molecule has 1 heterocycles. The Hall–Kier alpha value is -1.64. The van der Waals surface area contributed by atoms with Gasteiger partial charge in [-0.1, -0.05) is 60.7 Å². The summed E-state index contributed by atoms with van der Waals surface area (Å²) in [6.45, 7) is 2.40. The van der Waals surface area contributed by atoms with Gasteiger partial charge >= 0.3 is 0 Å². The molecule has 1 saturated heterocycles. The lowest BCUT2D eigenvalue weighted by Gasteiger charge is -2.40. The molecule has 1 fully saturated rings. The van der Waals surface area contributed by atoms with Crippen LogP contribution in [0.1, 0.15) is 17.2 Å². The summed E-state index contributed by atoms with van der Waals surface area (Å²) in [6.07, 6.45) is 0. The fourth-order valence-electron chi connectivity index (χ4n) is 2.97. The van der Waals surface area contributed by atoms with Crippen molar-refractivity contribution in [1.82, 2.24) is 5.32 Å². The molecule has 3 rings (SSSR count). The third-order valence-electron chi connectivity index (χ3n) is 4.10. The highest BCUT2D eigenvalue weighted by Crippen LogP contribution is 2.19. The van der Waals surface area contributed by atoms with Gasteiger partial charge < -0.3 is 10.2 Å². The predicted octanol–water partition coefficient (Wildman–Crippen LogP) is 1.26. The van der Waals surface area contributed by atoms with Gasteiger partial charge in [-0.2, -0.15) is 0 Å². The zero-order chi connectivity index (χ0) is 13.1. The van der Waals surface area contributed by atoms with Crippen LogP contribution in [0.25, 0.3) is 0 Å². The normalized spacial score (nSPS) is 22.2. The fourth-order valence-corrected chi connectivity index (χ4v) is 2.97. The fraction of sp³-hybridized carbons (Fsp3) is 0.294. The van der Waals surface area contributed by atoms with Crippen molar-refractivity contribution in [2.75, 3.05) is 20.1 Å². The van der Waals surface area contributed by atoms with E-state index in [1.807, 2.05) is 0 Å². The molecule has 0 aromatic heterocycles. The highest BCUT2D eigenvalue weighted by Gasteiger charge is 2.37. The number of likely N-dealkylation sites (tertiary alicyclic amines) is 1. The number of hydrogen-bond acceptors (Lipinski definition) is 1. The Morgan fingerprint density at radius 3 is 1.79 bits per heavy atom. The Morgan fingerprint density at radius 2 is 1.37 bits per heavy atom. The first kappa shape index (κ1) is 12.4. The van der Waals surface area contributed by atoms with Gasteiger partial charge in [0, 0.05) is 11.1 Å². The van der Waals surface area contributed by atoms with Crippen molar-refractivity contribution < 1.29 is 4.90 Å². The Kier molecular flexibility index (Phi) is 3.62. The van der Waals surface area contributed by atoms with E-state index < -0.39 is 0 Å². The number of hydrogen-bond donors (Lipinski definition) is 2. The number of benzene rings is 2. The lowest BCUT2D eigenvalue weighted by atomic mass is 9.93. The van der Waals surface area contributed by atoms with E-state index >= 15 is 0 Å². The van der Waals surface area contributed by atoms with Crippen LogP contribution in [0, 0.1) is 0 Å². The molecule has 19 heavy (non-hydrogen) atoms. The maximum absolute atomic E-state index is 3.37. The standard InChI is InChI=1S/C17H20N2/c1-18-16-12-19(13-16)17(14-8-4-2-5-9-14)15-10-6-3-7-11-15/h2-11,16-18H,12-13H2,1H3/p+1. The molecular weight excluding hydrogens is 232 g/mol. The molecule has 2 aromatic rings. The average Bonchev–Trinajstić information content (AvgIpc) is 2.44. The van der Waals surface area contributed by atoms with Crippen molar-refractivity contribution in [2.24, 2.45) is 0 Å². The number of nitrogens with one attached hydrogen (secondary N) is 2. The molecule has 98 valence electrons. The summed E-state index contributed by atoms with van der Waals surface area (Å²) in [5.74, 6) is 0. The van der Waals surface area contributed by atoms with Crippen molar-refractivity contribution in [3.63, 3.8) is 0 Å². The predicted molar refractivity (Wildman–Crippen MR) is 78.3 cm³/mol. The average molecular weight is 253 g/mol. The second-order valence-electron chi connectivity index (χ2n) is 5.31. The van der Waals surface area contributed by atoms with Crippen molar-refractivity contribution in [2.45, 2.75) is 12.1 Å². The maximum Gasteiger partial charge on any atom is 0.139 e. The van der Waals surface area contributed by atoms with Gasteiger partial charge in [-0.3, -0.25) is 0 Å². The van der Waals surface area contributed by atoms with E-state index in [-0.39, 0.29) is 0 Å². The zero-order valence-electron chi connectivity index (χ0n) is 11.3. The molecular formula is C17H21N2+. The first-order chi connectivity index (χ1) is 9.38. The summed E-state index contributed by atoms with van der Waals surface area (Å²) in [7, 11) is 2.06. The van der Waals surface area contributed by atoms with Gasteiger partial charge in [-0.05, 0) is 7.05 Å². The molecule has 0 radical (unpaired) electrons. The lowest BCUT2D eigenvalue weighted by Crippen LogP contribution is -3.22. The molecule has 2 nitrogen and oxygen atoms in total. The minimum atomic E-state index is 0.465. The minimum Gasteiger partial charge on any atom is -0.322 e. The molecule has 0 unspecified atom stereocenters. The van der Waals surface area contributed by atoms with E-state index in [9.17, 15) is 0 Å². The molecule has 2 aromatic carbocycles. The van der Waals surface area contributed by atoms with E-state index in [2.05, 4.69) is 73.0 Å². The smallest absolute Gasteiger partial charge is 0.139 e. The van der Waals surface area contributed by atoms with E-state index in [4.69, 9.17) is 0 Å². The maximum atomic E-state index is 3.37. The van der Waals surface area contributed by atoms with Gasteiger partial charge in [0.2, 0.25) is 0 Å². The van der Waals surface area contributed by atoms with Crippen molar-refractivity contribution >= 4 is 0 Å². The molecule has 1 aliphatic rings. The van der Waals surface area contributed by atoms with E-state index in [0.717, 1.165) is 0 Å². The second-order valence-corrected chi connectivity index (χ2v) is 5.31.